The van der Waals surface area contributed by atoms with E-state index in [4.69, 9.17) is 38.7 Å². The molecule has 0 aliphatic heterocycles. The minimum atomic E-state index is 0.588. The lowest BCUT2D eigenvalue weighted by Crippen LogP contribution is -2.01. The lowest BCUT2D eigenvalue weighted by Gasteiger charge is -2.14. The van der Waals surface area contributed by atoms with Gasteiger partial charge in [0.15, 0.2) is 34.9 Å². The Balaban J connectivity index is 0.000000141. The number of nitrogens with zero attached hydrogens (tertiary/aromatic N) is 8. The smallest absolute Gasteiger partial charge is 0.164 e. The predicted octanol–water partition coefficient (Wildman–Crippen LogP) is 26.4. The summed E-state index contributed by atoms with van der Waals surface area (Å²) in [5.74, 6) is 3.66. The molecule has 6 aromatic heterocycles. The van der Waals surface area contributed by atoms with Crippen molar-refractivity contribution in [3.63, 3.8) is 0 Å². The molecule has 6 heterocycles. The van der Waals surface area contributed by atoms with Crippen LogP contribution in [-0.4, -0.2) is 39.0 Å². The predicted molar refractivity (Wildman–Crippen MR) is 457 cm³/mol. The van der Waals surface area contributed by atoms with Crippen LogP contribution in [0.4, 0.5) is 0 Å². The van der Waals surface area contributed by atoms with Gasteiger partial charge in [-0.2, -0.15) is 0 Å². The first-order chi connectivity index (χ1) is 55.5. The van der Waals surface area contributed by atoms with Crippen LogP contribution in [-0.2, 0) is 0 Å². The molecule has 10 nitrogen and oxygen atoms in total. The first-order valence-electron chi connectivity index (χ1n) is 37.6. The van der Waals surface area contributed by atoms with Gasteiger partial charge in [0.2, 0.25) is 0 Å². The Labute approximate surface area is 643 Å². The summed E-state index contributed by atoms with van der Waals surface area (Å²) >= 11 is 0. The van der Waals surface area contributed by atoms with Crippen LogP contribution in [0.25, 0.3) is 212 Å². The van der Waals surface area contributed by atoms with Crippen LogP contribution in [0.3, 0.4) is 0 Å². The van der Waals surface area contributed by atoms with Crippen molar-refractivity contribution >= 4 is 87.5 Å². The summed E-state index contributed by atoms with van der Waals surface area (Å²) in [6.45, 7) is 0. The number of aromatic nitrogens is 8. The molecular formula is C102H64N8O2. The van der Waals surface area contributed by atoms with E-state index in [1.807, 2.05) is 133 Å². The molecule has 0 N–H and O–H groups in total. The van der Waals surface area contributed by atoms with Crippen LogP contribution in [0, 0.1) is 0 Å². The molecule has 16 aromatic carbocycles. The monoisotopic (exact) mass is 1430 g/mol. The van der Waals surface area contributed by atoms with Gasteiger partial charge in [0, 0.05) is 82.6 Å². The number of hydrogen-bond acceptors (Lipinski definition) is 8. The number of fused-ring (bicyclic) bond motifs is 14. The maximum absolute atomic E-state index is 6.96. The molecular weight excluding hydrogens is 1370 g/mol. The van der Waals surface area contributed by atoms with Gasteiger partial charge in [0.25, 0.3) is 0 Å². The van der Waals surface area contributed by atoms with E-state index in [1.54, 1.807) is 0 Å². The molecule has 10 heteroatoms. The van der Waals surface area contributed by atoms with Crippen LogP contribution in [0.15, 0.2) is 397 Å². The zero-order chi connectivity index (χ0) is 74.0. The number of hydrogen-bond donors (Lipinski definition) is 0. The van der Waals surface area contributed by atoms with E-state index in [9.17, 15) is 0 Å². The second-order valence-electron chi connectivity index (χ2n) is 28.0. The van der Waals surface area contributed by atoms with Crippen LogP contribution in [0.5, 0.6) is 0 Å². The molecule has 0 aliphatic carbocycles. The largest absolute Gasteiger partial charge is 0.456 e. The van der Waals surface area contributed by atoms with Gasteiger partial charge in [-0.25, -0.2) is 29.9 Å². The standard InChI is InChI=1S/2C51H32N4O/c1-5-16-33(17-6-1)36-28-29-38(43(32-36)51-53-49(34-18-7-2-8-19-34)52-50(54-51)35-20-9-3-10-21-35)41-25-15-26-42-46-45(56-48(41)42)31-30-40-39-24-13-14-27-44(39)55(47(40)46)37-22-11-4-12-23-37;1-5-15-33(16-6-1)36-25-27-39(43(31-36)51-53-49(34-17-7-2-8-18-34)52-50(54-51)35-19-9-3-10-20-35)37-26-28-42-46(32-37)56-45-30-29-41-40-23-13-14-24-44(40)55(48(41)47(42)45)38-21-11-4-12-22-38/h2*1-32H. The summed E-state index contributed by atoms with van der Waals surface area (Å²) in [5.41, 5.74) is 23.9. The molecule has 0 aliphatic rings. The zero-order valence-corrected chi connectivity index (χ0v) is 60.3. The summed E-state index contributed by atoms with van der Waals surface area (Å²) < 4.78 is 18.4. The average molecular weight is 1430 g/mol. The minimum absolute atomic E-state index is 0.588. The lowest BCUT2D eigenvalue weighted by molar-refractivity contribution is 0.669. The molecule has 0 saturated heterocycles. The van der Waals surface area contributed by atoms with Crippen molar-refractivity contribution in [1.29, 1.82) is 0 Å². The third-order valence-electron chi connectivity index (χ3n) is 21.3. The number of para-hydroxylation sites is 5. The maximum atomic E-state index is 6.96. The van der Waals surface area contributed by atoms with E-state index in [2.05, 4.69) is 264 Å². The van der Waals surface area contributed by atoms with Crippen molar-refractivity contribution in [2.24, 2.45) is 0 Å². The summed E-state index contributed by atoms with van der Waals surface area (Å²) in [7, 11) is 0. The Kier molecular flexibility index (Phi) is 16.0. The van der Waals surface area contributed by atoms with Crippen LogP contribution in [0.2, 0.25) is 0 Å². The van der Waals surface area contributed by atoms with Gasteiger partial charge in [0.1, 0.15) is 22.3 Å². The van der Waals surface area contributed by atoms with Gasteiger partial charge in [-0.1, -0.05) is 303 Å². The summed E-state index contributed by atoms with van der Waals surface area (Å²) in [4.78, 5) is 30.7. The fraction of sp³-hybridized carbons (Fsp3) is 0. The summed E-state index contributed by atoms with van der Waals surface area (Å²) in [6, 6.07) is 135. The molecule has 0 unspecified atom stereocenters. The molecule has 0 saturated carbocycles. The Hall–Kier alpha value is -15.3. The highest BCUT2D eigenvalue weighted by Gasteiger charge is 2.26. The molecule has 524 valence electrons. The molecule has 22 rings (SSSR count). The minimum Gasteiger partial charge on any atom is -0.456 e. The van der Waals surface area contributed by atoms with Gasteiger partial charge < -0.3 is 18.0 Å². The fourth-order valence-corrected chi connectivity index (χ4v) is 16.1. The number of benzene rings is 16. The first kappa shape index (κ1) is 65.1. The normalized spacial score (nSPS) is 11.6. The van der Waals surface area contributed by atoms with E-state index in [0.717, 1.165) is 155 Å². The van der Waals surface area contributed by atoms with Gasteiger partial charge in [0.05, 0.1) is 32.8 Å². The molecule has 0 spiro atoms. The summed E-state index contributed by atoms with van der Waals surface area (Å²) in [5, 5.41) is 9.09. The molecule has 0 radical (unpaired) electrons. The van der Waals surface area contributed by atoms with E-state index in [-0.39, 0.29) is 0 Å². The Morgan fingerprint density at radius 2 is 0.536 bits per heavy atom. The third kappa shape index (κ3) is 11.4. The van der Waals surface area contributed by atoms with Gasteiger partial charge in [-0.15, -0.1) is 0 Å². The molecule has 0 fully saturated rings. The quantitative estimate of drug-likeness (QED) is 0.119. The molecule has 112 heavy (non-hydrogen) atoms. The zero-order valence-electron chi connectivity index (χ0n) is 60.3. The Morgan fingerprint density at radius 1 is 0.188 bits per heavy atom. The molecule has 0 atom stereocenters. The van der Waals surface area contributed by atoms with E-state index >= 15 is 0 Å². The second kappa shape index (κ2) is 27.5. The number of rotatable bonds is 12. The van der Waals surface area contributed by atoms with Gasteiger partial charge in [-0.3, -0.25) is 0 Å². The summed E-state index contributed by atoms with van der Waals surface area (Å²) in [6.07, 6.45) is 0. The van der Waals surface area contributed by atoms with Crippen molar-refractivity contribution < 1.29 is 8.83 Å². The second-order valence-corrected chi connectivity index (χ2v) is 28.0. The highest BCUT2D eigenvalue weighted by molar-refractivity contribution is 6.27. The highest BCUT2D eigenvalue weighted by atomic mass is 16.3. The van der Waals surface area contributed by atoms with Crippen molar-refractivity contribution in [1.82, 2.24) is 39.0 Å². The lowest BCUT2D eigenvalue weighted by atomic mass is 9.93. The van der Waals surface area contributed by atoms with Gasteiger partial charge >= 0.3 is 0 Å². The Bertz CT molecular complexity index is 7220. The van der Waals surface area contributed by atoms with E-state index in [0.29, 0.717) is 34.9 Å². The molecule has 0 bridgehead atoms. The average Bonchev–Trinajstić information content (AvgIpc) is 1.56. The third-order valence-corrected chi connectivity index (χ3v) is 21.3. The van der Waals surface area contributed by atoms with Crippen LogP contribution >= 0.6 is 0 Å². The number of furan rings is 2. The first-order valence-corrected chi connectivity index (χ1v) is 37.6. The van der Waals surface area contributed by atoms with Crippen molar-refractivity contribution in [3.8, 4) is 124 Å². The molecule has 0 amide bonds. The molecule has 22 aromatic rings. The van der Waals surface area contributed by atoms with Crippen molar-refractivity contribution in [2.45, 2.75) is 0 Å². The SMILES string of the molecule is c1ccc(-c2ccc(-c3ccc4c(c3)oc3ccc5c6ccccc6n(-c6ccccc6)c5c34)c(-c3nc(-c4ccccc4)nc(-c4ccccc4)n3)c2)cc1.c1ccc(-c2ccc(-c3cccc4c3oc3ccc5c6ccccc6n(-c6ccccc6)c5c34)c(-c3nc(-c4ccccc4)nc(-c4ccccc4)n3)c2)cc1. The maximum Gasteiger partial charge on any atom is 0.164 e. The van der Waals surface area contributed by atoms with Crippen LogP contribution in [0.1, 0.15) is 0 Å². The van der Waals surface area contributed by atoms with Crippen LogP contribution < -0.4 is 0 Å². The fourth-order valence-electron chi connectivity index (χ4n) is 16.1. The highest BCUT2D eigenvalue weighted by Crippen LogP contribution is 2.48. The van der Waals surface area contributed by atoms with Crippen molar-refractivity contribution in [2.75, 3.05) is 0 Å². The Morgan fingerprint density at radius 3 is 0.991 bits per heavy atom. The van der Waals surface area contributed by atoms with Crippen molar-refractivity contribution in [3.05, 3.63) is 388 Å². The topological polar surface area (TPSA) is 113 Å². The van der Waals surface area contributed by atoms with E-state index in [1.165, 1.54) is 21.5 Å². The van der Waals surface area contributed by atoms with Gasteiger partial charge in [-0.05, 0) is 124 Å². The van der Waals surface area contributed by atoms with E-state index < -0.39 is 0 Å².